The lowest BCUT2D eigenvalue weighted by Crippen LogP contribution is -2.31. The first-order valence-corrected chi connectivity index (χ1v) is 6.64. The predicted molar refractivity (Wildman–Crippen MR) is 73.2 cm³/mol. The summed E-state index contributed by atoms with van der Waals surface area (Å²) >= 11 is 0. The van der Waals surface area contributed by atoms with Crippen LogP contribution in [-0.4, -0.2) is 31.1 Å². The van der Waals surface area contributed by atoms with Crippen LogP contribution in [0, 0.1) is 11.3 Å². The SMILES string of the molecule is CC(NCCN(C)C1CC1)c1ccc(C#N)cc1. The fourth-order valence-corrected chi connectivity index (χ4v) is 2.12. The summed E-state index contributed by atoms with van der Waals surface area (Å²) in [6.45, 7) is 4.28. The maximum Gasteiger partial charge on any atom is 0.0991 e. The van der Waals surface area contributed by atoms with Crippen LogP contribution in [0.3, 0.4) is 0 Å². The number of nitrogens with one attached hydrogen (secondary N) is 1. The Morgan fingerprint density at radius 1 is 1.39 bits per heavy atom. The fourth-order valence-electron chi connectivity index (χ4n) is 2.12. The molecule has 0 aliphatic heterocycles. The van der Waals surface area contributed by atoms with Gasteiger partial charge in [-0.3, -0.25) is 0 Å². The largest absolute Gasteiger partial charge is 0.309 e. The molecule has 1 aromatic carbocycles. The van der Waals surface area contributed by atoms with E-state index in [-0.39, 0.29) is 0 Å². The van der Waals surface area contributed by atoms with Gasteiger partial charge in [-0.15, -0.1) is 0 Å². The van der Waals surface area contributed by atoms with Gasteiger partial charge in [0.25, 0.3) is 0 Å². The van der Waals surface area contributed by atoms with Gasteiger partial charge in [0, 0.05) is 25.2 Å². The first-order chi connectivity index (χ1) is 8.70. The molecule has 0 amide bonds. The summed E-state index contributed by atoms with van der Waals surface area (Å²) in [6.07, 6.45) is 2.73. The van der Waals surface area contributed by atoms with Crippen molar-refractivity contribution in [1.82, 2.24) is 10.2 Å². The minimum atomic E-state index is 0.338. The second-order valence-corrected chi connectivity index (χ2v) is 5.12. The van der Waals surface area contributed by atoms with E-state index in [1.165, 1.54) is 18.4 Å². The van der Waals surface area contributed by atoms with Crippen LogP contribution in [0.5, 0.6) is 0 Å². The highest BCUT2D eigenvalue weighted by Gasteiger charge is 2.25. The van der Waals surface area contributed by atoms with E-state index in [0.29, 0.717) is 6.04 Å². The van der Waals surface area contributed by atoms with E-state index in [9.17, 15) is 0 Å². The summed E-state index contributed by atoms with van der Waals surface area (Å²) in [4.78, 5) is 2.43. The van der Waals surface area contributed by atoms with Crippen molar-refractivity contribution in [3.8, 4) is 6.07 Å². The van der Waals surface area contributed by atoms with E-state index in [2.05, 4.69) is 30.3 Å². The van der Waals surface area contributed by atoms with Gasteiger partial charge in [-0.1, -0.05) is 12.1 Å². The second kappa shape index (κ2) is 5.99. The number of nitrogens with zero attached hydrogens (tertiary/aromatic N) is 2. The minimum absolute atomic E-state index is 0.338. The molecule has 0 radical (unpaired) electrons. The molecule has 1 saturated carbocycles. The number of nitriles is 1. The second-order valence-electron chi connectivity index (χ2n) is 5.12. The van der Waals surface area contributed by atoms with E-state index >= 15 is 0 Å². The van der Waals surface area contributed by atoms with Gasteiger partial charge in [-0.25, -0.2) is 0 Å². The fraction of sp³-hybridized carbons (Fsp3) is 0.533. The third-order valence-corrected chi connectivity index (χ3v) is 3.63. The van der Waals surface area contributed by atoms with Crippen LogP contribution in [0.25, 0.3) is 0 Å². The Labute approximate surface area is 109 Å². The predicted octanol–water partition coefficient (Wildman–Crippen LogP) is 2.30. The molecule has 1 N–H and O–H groups in total. The summed E-state index contributed by atoms with van der Waals surface area (Å²) in [5.74, 6) is 0. The summed E-state index contributed by atoms with van der Waals surface area (Å²) in [6, 6.07) is 11.1. The van der Waals surface area contributed by atoms with Gasteiger partial charge in [0.15, 0.2) is 0 Å². The Balaban J connectivity index is 1.76. The van der Waals surface area contributed by atoms with Crippen LogP contribution < -0.4 is 5.32 Å². The van der Waals surface area contributed by atoms with Crippen LogP contribution in [0.15, 0.2) is 24.3 Å². The topological polar surface area (TPSA) is 39.1 Å². The Kier molecular flexibility index (Phi) is 4.35. The van der Waals surface area contributed by atoms with Crippen molar-refractivity contribution in [3.05, 3.63) is 35.4 Å². The molecule has 1 unspecified atom stereocenters. The summed E-state index contributed by atoms with van der Waals surface area (Å²) in [7, 11) is 2.20. The van der Waals surface area contributed by atoms with Crippen LogP contribution in [0.2, 0.25) is 0 Å². The normalized spacial score (nSPS) is 16.6. The highest BCUT2D eigenvalue weighted by Crippen LogP contribution is 2.24. The number of hydrogen-bond donors (Lipinski definition) is 1. The quantitative estimate of drug-likeness (QED) is 0.833. The summed E-state index contributed by atoms with van der Waals surface area (Å²) in [5, 5.41) is 12.3. The minimum Gasteiger partial charge on any atom is -0.309 e. The number of hydrogen-bond acceptors (Lipinski definition) is 3. The molecular formula is C15H21N3. The van der Waals surface area contributed by atoms with Crippen LogP contribution >= 0.6 is 0 Å². The number of likely N-dealkylation sites (N-methyl/N-ethyl adjacent to an activating group) is 1. The first-order valence-electron chi connectivity index (χ1n) is 6.64. The Hall–Kier alpha value is -1.37. The monoisotopic (exact) mass is 243 g/mol. The molecule has 0 heterocycles. The Morgan fingerprint density at radius 2 is 2.06 bits per heavy atom. The zero-order chi connectivity index (χ0) is 13.0. The molecule has 1 aliphatic carbocycles. The maximum atomic E-state index is 8.76. The molecule has 0 aromatic heterocycles. The van der Waals surface area contributed by atoms with Crippen molar-refractivity contribution in [2.75, 3.05) is 20.1 Å². The Morgan fingerprint density at radius 3 is 2.61 bits per heavy atom. The third kappa shape index (κ3) is 3.56. The van der Waals surface area contributed by atoms with Gasteiger partial charge >= 0.3 is 0 Å². The molecule has 3 nitrogen and oxygen atoms in total. The molecule has 0 bridgehead atoms. The highest BCUT2D eigenvalue weighted by molar-refractivity contribution is 5.32. The van der Waals surface area contributed by atoms with E-state index in [0.717, 1.165) is 24.7 Å². The van der Waals surface area contributed by atoms with Crippen molar-refractivity contribution < 1.29 is 0 Å². The molecule has 96 valence electrons. The lowest BCUT2D eigenvalue weighted by molar-refractivity contribution is 0.316. The average Bonchev–Trinajstić information content (AvgIpc) is 3.23. The molecule has 2 rings (SSSR count). The smallest absolute Gasteiger partial charge is 0.0991 e. The first kappa shape index (κ1) is 13.1. The number of rotatable bonds is 6. The molecule has 0 saturated heterocycles. The lowest BCUT2D eigenvalue weighted by atomic mass is 10.1. The molecule has 18 heavy (non-hydrogen) atoms. The summed E-state index contributed by atoms with van der Waals surface area (Å²) < 4.78 is 0. The van der Waals surface area contributed by atoms with Crippen molar-refractivity contribution in [3.63, 3.8) is 0 Å². The zero-order valence-electron chi connectivity index (χ0n) is 11.2. The van der Waals surface area contributed by atoms with E-state index < -0.39 is 0 Å². The number of benzene rings is 1. The highest BCUT2D eigenvalue weighted by atomic mass is 15.2. The van der Waals surface area contributed by atoms with Crippen molar-refractivity contribution in [2.24, 2.45) is 0 Å². The molecule has 3 heteroatoms. The van der Waals surface area contributed by atoms with Crippen molar-refractivity contribution >= 4 is 0 Å². The van der Waals surface area contributed by atoms with Gasteiger partial charge in [0.05, 0.1) is 11.6 Å². The van der Waals surface area contributed by atoms with Gasteiger partial charge in [0.2, 0.25) is 0 Å². The molecule has 1 atom stereocenters. The lowest BCUT2D eigenvalue weighted by Gasteiger charge is -2.19. The third-order valence-electron chi connectivity index (χ3n) is 3.63. The van der Waals surface area contributed by atoms with Crippen LogP contribution in [-0.2, 0) is 0 Å². The van der Waals surface area contributed by atoms with Gasteiger partial charge in [-0.2, -0.15) is 5.26 Å². The van der Waals surface area contributed by atoms with Gasteiger partial charge < -0.3 is 10.2 Å². The zero-order valence-corrected chi connectivity index (χ0v) is 11.2. The van der Waals surface area contributed by atoms with E-state index in [4.69, 9.17) is 5.26 Å². The van der Waals surface area contributed by atoms with Gasteiger partial charge in [-0.05, 0) is 44.5 Å². The molecule has 0 spiro atoms. The van der Waals surface area contributed by atoms with Crippen LogP contribution in [0.1, 0.15) is 36.9 Å². The molecule has 1 aromatic rings. The van der Waals surface area contributed by atoms with Crippen molar-refractivity contribution in [2.45, 2.75) is 31.8 Å². The van der Waals surface area contributed by atoms with Crippen molar-refractivity contribution in [1.29, 1.82) is 5.26 Å². The van der Waals surface area contributed by atoms with E-state index in [1.54, 1.807) is 0 Å². The standard InChI is InChI=1S/C15H21N3/c1-12(14-5-3-13(11-16)4-6-14)17-9-10-18(2)15-7-8-15/h3-6,12,15,17H,7-10H2,1-2H3. The van der Waals surface area contributed by atoms with E-state index in [1.807, 2.05) is 24.3 Å². The molecule has 1 fully saturated rings. The molecular weight excluding hydrogens is 222 g/mol. The van der Waals surface area contributed by atoms with Crippen LogP contribution in [0.4, 0.5) is 0 Å². The summed E-state index contributed by atoms with van der Waals surface area (Å²) in [5.41, 5.74) is 1.96. The van der Waals surface area contributed by atoms with Gasteiger partial charge in [0.1, 0.15) is 0 Å². The molecule has 1 aliphatic rings. The Bertz CT molecular complexity index is 414. The average molecular weight is 243 g/mol. The maximum absolute atomic E-state index is 8.76.